The number of hydrogen-bond acceptors (Lipinski definition) is 3. The van der Waals surface area contributed by atoms with Gasteiger partial charge in [-0.05, 0) is 36.2 Å². The molecule has 4 aromatic rings. The highest BCUT2D eigenvalue weighted by Gasteiger charge is 2.07. The Kier molecular flexibility index (Phi) is 5.56. The first kappa shape index (κ1) is 18.7. The topological polar surface area (TPSA) is 71.5 Å². The summed E-state index contributed by atoms with van der Waals surface area (Å²) in [5, 5.41) is 11.0. The first-order valence-electron chi connectivity index (χ1n) is 9.65. The third kappa shape index (κ3) is 4.45. The van der Waals surface area contributed by atoms with E-state index in [1.807, 2.05) is 29.1 Å². The Balaban J connectivity index is 1.38. The lowest BCUT2D eigenvalue weighted by Crippen LogP contribution is -2.36. The van der Waals surface area contributed by atoms with Crippen molar-refractivity contribution in [2.45, 2.75) is 26.6 Å². The third-order valence-electron chi connectivity index (χ3n) is 4.86. The van der Waals surface area contributed by atoms with Crippen LogP contribution in [0.25, 0.3) is 5.65 Å². The molecule has 0 spiro atoms. The molecule has 29 heavy (non-hydrogen) atoms. The molecule has 1 aromatic carbocycles. The van der Waals surface area contributed by atoms with Crippen molar-refractivity contribution in [3.63, 3.8) is 0 Å². The minimum absolute atomic E-state index is 0.607. The molecule has 0 aliphatic carbocycles. The van der Waals surface area contributed by atoms with Gasteiger partial charge in [0.15, 0.2) is 5.96 Å². The summed E-state index contributed by atoms with van der Waals surface area (Å²) in [6.45, 7) is 4.11. The summed E-state index contributed by atoms with van der Waals surface area (Å²) in [5.74, 6) is 0.743. The Bertz CT molecular complexity index is 1110. The molecule has 7 heteroatoms. The van der Waals surface area contributed by atoms with Crippen LogP contribution >= 0.6 is 0 Å². The van der Waals surface area contributed by atoms with E-state index in [1.165, 1.54) is 11.1 Å². The van der Waals surface area contributed by atoms with Crippen molar-refractivity contribution in [2.75, 3.05) is 7.05 Å². The minimum Gasteiger partial charge on any atom is -0.352 e. The number of aryl methyl sites for hydroxylation is 1. The number of benzene rings is 1. The number of pyridine rings is 1. The first-order chi connectivity index (χ1) is 14.2. The lowest BCUT2D eigenvalue weighted by molar-refractivity contribution is 0.677. The van der Waals surface area contributed by atoms with E-state index >= 15 is 0 Å². The fourth-order valence-corrected chi connectivity index (χ4v) is 3.31. The fourth-order valence-electron chi connectivity index (χ4n) is 3.31. The quantitative estimate of drug-likeness (QED) is 0.394. The highest BCUT2D eigenvalue weighted by Crippen LogP contribution is 2.11. The number of nitrogens with zero attached hydrogens (tertiary/aromatic N) is 5. The zero-order chi connectivity index (χ0) is 20.1. The summed E-state index contributed by atoms with van der Waals surface area (Å²) in [5.41, 5.74) is 5.54. The number of fused-ring (bicyclic) bond motifs is 1. The molecule has 0 fully saturated rings. The van der Waals surface area contributed by atoms with Crippen molar-refractivity contribution >= 4 is 11.6 Å². The third-order valence-corrected chi connectivity index (χ3v) is 4.86. The van der Waals surface area contributed by atoms with Gasteiger partial charge < -0.3 is 15.0 Å². The van der Waals surface area contributed by atoms with Crippen LogP contribution in [0.3, 0.4) is 0 Å². The van der Waals surface area contributed by atoms with E-state index in [1.54, 1.807) is 13.2 Å². The summed E-state index contributed by atoms with van der Waals surface area (Å²) >= 11 is 0. The van der Waals surface area contributed by atoms with E-state index in [2.05, 4.69) is 73.6 Å². The lowest BCUT2D eigenvalue weighted by atomic mass is 10.1. The van der Waals surface area contributed by atoms with Crippen LogP contribution < -0.4 is 10.6 Å². The molecule has 0 aliphatic heterocycles. The molecule has 3 aromatic heterocycles. The highest BCUT2D eigenvalue weighted by molar-refractivity contribution is 5.79. The smallest absolute Gasteiger partial charge is 0.191 e. The van der Waals surface area contributed by atoms with Crippen molar-refractivity contribution in [3.05, 3.63) is 89.6 Å². The molecule has 3 heterocycles. The van der Waals surface area contributed by atoms with E-state index in [4.69, 9.17) is 0 Å². The number of aliphatic imine (C=N–C) groups is 1. The van der Waals surface area contributed by atoms with Crippen LogP contribution in [0.2, 0.25) is 0 Å². The molecule has 0 aliphatic rings. The van der Waals surface area contributed by atoms with E-state index in [0.717, 1.165) is 29.5 Å². The van der Waals surface area contributed by atoms with Gasteiger partial charge in [0.1, 0.15) is 5.65 Å². The maximum atomic E-state index is 4.66. The second kappa shape index (κ2) is 8.60. The van der Waals surface area contributed by atoms with Crippen LogP contribution in [0.15, 0.2) is 72.1 Å². The number of aromatic nitrogens is 4. The Morgan fingerprint density at radius 2 is 1.83 bits per heavy atom. The van der Waals surface area contributed by atoms with Crippen LogP contribution in [0.1, 0.15) is 22.5 Å². The number of rotatable bonds is 6. The number of imidazole rings is 1. The normalized spacial score (nSPS) is 11.7. The average Bonchev–Trinajstić information content (AvgIpc) is 3.39. The Morgan fingerprint density at radius 1 is 1.00 bits per heavy atom. The summed E-state index contributed by atoms with van der Waals surface area (Å²) in [6, 6.07) is 16.4. The molecule has 148 valence electrons. The molecule has 0 atom stereocenters. The highest BCUT2D eigenvalue weighted by atomic mass is 15.3. The predicted molar refractivity (Wildman–Crippen MR) is 115 cm³/mol. The van der Waals surface area contributed by atoms with Gasteiger partial charge in [-0.1, -0.05) is 30.3 Å². The lowest BCUT2D eigenvalue weighted by Gasteiger charge is -2.14. The Morgan fingerprint density at radius 3 is 2.59 bits per heavy atom. The predicted octanol–water partition coefficient (Wildman–Crippen LogP) is 2.75. The summed E-state index contributed by atoms with van der Waals surface area (Å²) in [4.78, 5) is 9.00. The van der Waals surface area contributed by atoms with Crippen molar-refractivity contribution in [1.29, 1.82) is 0 Å². The molecule has 0 amide bonds. The maximum absolute atomic E-state index is 4.66. The standard InChI is InChI=1S/C22H25N7/c1-17-7-5-10-21-27-20(16-29(17)21)14-25-22(23-2)24-13-18-8-3-4-9-19(18)15-28-12-6-11-26-28/h3-12,16H,13-15H2,1-2H3,(H2,23,24,25). The van der Waals surface area contributed by atoms with Gasteiger partial charge >= 0.3 is 0 Å². The van der Waals surface area contributed by atoms with Crippen LogP contribution in [0, 0.1) is 6.92 Å². The molecule has 7 nitrogen and oxygen atoms in total. The molecule has 0 radical (unpaired) electrons. The molecular formula is C22H25N7. The molecule has 0 bridgehead atoms. The summed E-state index contributed by atoms with van der Waals surface area (Å²) in [7, 11) is 1.78. The van der Waals surface area contributed by atoms with Gasteiger partial charge in [0, 0.05) is 37.9 Å². The number of nitrogens with one attached hydrogen (secondary N) is 2. The molecule has 4 rings (SSSR count). The Labute approximate surface area is 170 Å². The average molecular weight is 387 g/mol. The van der Waals surface area contributed by atoms with Crippen molar-refractivity contribution in [3.8, 4) is 0 Å². The van der Waals surface area contributed by atoms with Gasteiger partial charge in [-0.25, -0.2) is 4.98 Å². The largest absolute Gasteiger partial charge is 0.352 e. The fraction of sp³-hybridized carbons (Fsp3) is 0.227. The monoisotopic (exact) mass is 387 g/mol. The zero-order valence-electron chi connectivity index (χ0n) is 16.7. The zero-order valence-corrected chi connectivity index (χ0v) is 16.7. The van der Waals surface area contributed by atoms with Crippen molar-refractivity contribution < 1.29 is 0 Å². The molecule has 0 saturated carbocycles. The van der Waals surface area contributed by atoms with Crippen LogP contribution in [-0.2, 0) is 19.6 Å². The second-order valence-electron chi connectivity index (χ2n) is 6.88. The number of hydrogen-bond donors (Lipinski definition) is 2. The Hall–Kier alpha value is -3.61. The molecule has 0 unspecified atom stereocenters. The van der Waals surface area contributed by atoms with Crippen molar-refractivity contribution in [2.24, 2.45) is 4.99 Å². The van der Waals surface area contributed by atoms with Gasteiger partial charge in [0.25, 0.3) is 0 Å². The SMILES string of the molecule is CN=C(NCc1cn2c(C)cccc2n1)NCc1ccccc1Cn1cccn1. The van der Waals surface area contributed by atoms with Crippen molar-refractivity contribution in [1.82, 2.24) is 29.8 Å². The first-order valence-corrected chi connectivity index (χ1v) is 9.65. The van der Waals surface area contributed by atoms with E-state index in [9.17, 15) is 0 Å². The van der Waals surface area contributed by atoms with Gasteiger partial charge in [-0.15, -0.1) is 0 Å². The van der Waals surface area contributed by atoms with E-state index in [-0.39, 0.29) is 0 Å². The second-order valence-corrected chi connectivity index (χ2v) is 6.88. The van der Waals surface area contributed by atoms with Crippen LogP contribution in [0.4, 0.5) is 0 Å². The van der Waals surface area contributed by atoms with Gasteiger partial charge in [-0.3, -0.25) is 9.67 Å². The minimum atomic E-state index is 0.607. The number of guanidine groups is 1. The molecule has 0 saturated heterocycles. The van der Waals surface area contributed by atoms with E-state index < -0.39 is 0 Å². The molecule has 2 N–H and O–H groups in total. The van der Waals surface area contributed by atoms with E-state index in [0.29, 0.717) is 13.1 Å². The van der Waals surface area contributed by atoms with Crippen LogP contribution in [-0.4, -0.2) is 32.2 Å². The molecular weight excluding hydrogens is 362 g/mol. The van der Waals surface area contributed by atoms with Gasteiger partial charge in [-0.2, -0.15) is 5.10 Å². The van der Waals surface area contributed by atoms with Gasteiger partial charge in [0.05, 0.1) is 18.8 Å². The maximum Gasteiger partial charge on any atom is 0.191 e. The summed E-state index contributed by atoms with van der Waals surface area (Å²) in [6.07, 6.45) is 5.83. The van der Waals surface area contributed by atoms with Crippen LogP contribution in [0.5, 0.6) is 0 Å². The van der Waals surface area contributed by atoms with Gasteiger partial charge in [0.2, 0.25) is 0 Å². The summed E-state index contributed by atoms with van der Waals surface area (Å²) < 4.78 is 4.02.